The number of imidazole rings is 1. The fraction of sp³-hybridized carbons (Fsp3) is 0.0714. The average molecular weight is 308 g/mol. The quantitative estimate of drug-likeness (QED) is 0.680. The van der Waals surface area contributed by atoms with Crippen molar-refractivity contribution in [3.05, 3.63) is 68.1 Å². The van der Waals surface area contributed by atoms with Gasteiger partial charge in [-0.1, -0.05) is 35.3 Å². The normalized spacial score (nSPS) is 12.8. The molecule has 6 heteroatoms. The van der Waals surface area contributed by atoms with Gasteiger partial charge in [-0.05, 0) is 35.4 Å². The summed E-state index contributed by atoms with van der Waals surface area (Å²) in [5.74, 6) is 0. The molecular formula is C14H11Cl2N3O. The van der Waals surface area contributed by atoms with Gasteiger partial charge in [0.25, 0.3) is 0 Å². The number of aromatic amines is 2. The van der Waals surface area contributed by atoms with Crippen molar-refractivity contribution in [2.24, 2.45) is 5.73 Å². The van der Waals surface area contributed by atoms with Gasteiger partial charge in [0.05, 0.1) is 17.1 Å². The zero-order valence-corrected chi connectivity index (χ0v) is 11.8. The van der Waals surface area contributed by atoms with Gasteiger partial charge in [0.2, 0.25) is 0 Å². The van der Waals surface area contributed by atoms with Gasteiger partial charge in [0.15, 0.2) is 0 Å². The van der Waals surface area contributed by atoms with Crippen LogP contribution < -0.4 is 11.4 Å². The Morgan fingerprint density at radius 3 is 2.50 bits per heavy atom. The summed E-state index contributed by atoms with van der Waals surface area (Å²) in [5.41, 5.74) is 9.10. The van der Waals surface area contributed by atoms with Crippen LogP contribution in [0.5, 0.6) is 0 Å². The zero-order valence-electron chi connectivity index (χ0n) is 10.3. The van der Waals surface area contributed by atoms with E-state index in [4.69, 9.17) is 28.9 Å². The molecule has 0 aliphatic carbocycles. The van der Waals surface area contributed by atoms with Crippen LogP contribution in [0.2, 0.25) is 10.0 Å². The molecule has 4 N–H and O–H groups in total. The van der Waals surface area contributed by atoms with Gasteiger partial charge in [0.1, 0.15) is 0 Å². The van der Waals surface area contributed by atoms with Crippen LogP contribution in [0, 0.1) is 0 Å². The van der Waals surface area contributed by atoms with Crippen molar-refractivity contribution < 1.29 is 0 Å². The van der Waals surface area contributed by atoms with Gasteiger partial charge in [-0.25, -0.2) is 4.79 Å². The van der Waals surface area contributed by atoms with Crippen LogP contribution in [-0.2, 0) is 0 Å². The Kier molecular flexibility index (Phi) is 3.30. The lowest BCUT2D eigenvalue weighted by atomic mass is 9.99. The van der Waals surface area contributed by atoms with Crippen molar-refractivity contribution in [1.82, 2.24) is 9.97 Å². The average Bonchev–Trinajstić information content (AvgIpc) is 2.77. The monoisotopic (exact) mass is 307 g/mol. The van der Waals surface area contributed by atoms with Gasteiger partial charge >= 0.3 is 5.69 Å². The Morgan fingerprint density at radius 1 is 1.00 bits per heavy atom. The number of halogens is 2. The molecule has 0 fully saturated rings. The first-order chi connectivity index (χ1) is 9.54. The maximum Gasteiger partial charge on any atom is 0.323 e. The maximum absolute atomic E-state index is 11.3. The van der Waals surface area contributed by atoms with Crippen LogP contribution in [0.25, 0.3) is 11.0 Å². The molecule has 1 aromatic heterocycles. The second kappa shape index (κ2) is 4.98. The minimum absolute atomic E-state index is 0.241. The Labute approximate surface area is 124 Å². The summed E-state index contributed by atoms with van der Waals surface area (Å²) < 4.78 is 0. The highest BCUT2D eigenvalue weighted by atomic mass is 35.5. The lowest BCUT2D eigenvalue weighted by Gasteiger charge is -2.14. The predicted octanol–water partition coefficient (Wildman–Crippen LogP) is 3.21. The first kappa shape index (κ1) is 13.2. The first-order valence-corrected chi connectivity index (χ1v) is 6.72. The van der Waals surface area contributed by atoms with Gasteiger partial charge < -0.3 is 15.7 Å². The van der Waals surface area contributed by atoms with Crippen LogP contribution >= 0.6 is 23.2 Å². The molecule has 1 heterocycles. The number of fused-ring (bicyclic) bond motifs is 1. The van der Waals surface area contributed by atoms with E-state index < -0.39 is 0 Å². The van der Waals surface area contributed by atoms with E-state index in [1.54, 1.807) is 18.2 Å². The Bertz CT molecular complexity index is 838. The van der Waals surface area contributed by atoms with Crippen LogP contribution in [0.15, 0.2) is 41.2 Å². The third-order valence-electron chi connectivity index (χ3n) is 3.20. The fourth-order valence-corrected chi connectivity index (χ4v) is 2.70. The molecule has 4 nitrogen and oxygen atoms in total. The zero-order chi connectivity index (χ0) is 14.3. The molecule has 0 radical (unpaired) electrons. The molecule has 3 rings (SSSR count). The van der Waals surface area contributed by atoms with E-state index in [1.807, 2.05) is 18.2 Å². The SMILES string of the molecule is NC(c1ccc2[nH]c(=O)[nH]c2c1)c1ccc(Cl)cc1Cl. The molecule has 1 atom stereocenters. The Balaban J connectivity index is 2.06. The highest BCUT2D eigenvalue weighted by Gasteiger charge is 2.13. The lowest BCUT2D eigenvalue weighted by molar-refractivity contribution is 0.873. The summed E-state index contributed by atoms with van der Waals surface area (Å²) in [6.07, 6.45) is 0. The van der Waals surface area contributed by atoms with Crippen molar-refractivity contribution >= 4 is 34.2 Å². The second-order valence-corrected chi connectivity index (χ2v) is 5.37. The number of benzene rings is 2. The number of hydrogen-bond donors (Lipinski definition) is 3. The van der Waals surface area contributed by atoms with E-state index >= 15 is 0 Å². The van der Waals surface area contributed by atoms with Gasteiger partial charge in [-0.2, -0.15) is 0 Å². The van der Waals surface area contributed by atoms with E-state index in [1.165, 1.54) is 0 Å². The molecular weight excluding hydrogens is 297 g/mol. The number of aromatic nitrogens is 2. The first-order valence-electron chi connectivity index (χ1n) is 5.97. The molecule has 102 valence electrons. The van der Waals surface area contributed by atoms with Crippen molar-refractivity contribution in [2.75, 3.05) is 0 Å². The van der Waals surface area contributed by atoms with Crippen LogP contribution in [0.1, 0.15) is 17.2 Å². The summed E-state index contributed by atoms with van der Waals surface area (Å²) in [5, 5.41) is 1.09. The van der Waals surface area contributed by atoms with E-state index in [0.29, 0.717) is 15.6 Å². The standard InChI is InChI=1S/C14H11Cl2N3O/c15-8-2-3-9(10(16)6-8)13(17)7-1-4-11-12(5-7)19-14(20)18-11/h1-6,13H,17H2,(H2,18,19,20). The molecule has 3 aromatic rings. The van der Waals surface area contributed by atoms with E-state index in [0.717, 1.165) is 16.6 Å². The lowest BCUT2D eigenvalue weighted by Crippen LogP contribution is -2.12. The maximum atomic E-state index is 11.3. The highest BCUT2D eigenvalue weighted by molar-refractivity contribution is 6.35. The predicted molar refractivity (Wildman–Crippen MR) is 81.4 cm³/mol. The molecule has 0 spiro atoms. The van der Waals surface area contributed by atoms with Gasteiger partial charge in [0, 0.05) is 10.0 Å². The summed E-state index contributed by atoms with van der Waals surface area (Å²) in [7, 11) is 0. The highest BCUT2D eigenvalue weighted by Crippen LogP contribution is 2.29. The third-order valence-corrected chi connectivity index (χ3v) is 3.76. The minimum Gasteiger partial charge on any atom is -0.320 e. The molecule has 0 saturated heterocycles. The van der Waals surface area contributed by atoms with E-state index in [9.17, 15) is 4.79 Å². The van der Waals surface area contributed by atoms with E-state index in [2.05, 4.69) is 9.97 Å². The summed E-state index contributed by atoms with van der Waals surface area (Å²) >= 11 is 12.0. The van der Waals surface area contributed by atoms with Crippen molar-refractivity contribution in [1.29, 1.82) is 0 Å². The van der Waals surface area contributed by atoms with Gasteiger partial charge in [-0.15, -0.1) is 0 Å². The van der Waals surface area contributed by atoms with Crippen LogP contribution in [0.4, 0.5) is 0 Å². The fourth-order valence-electron chi connectivity index (χ4n) is 2.18. The molecule has 0 aliphatic rings. The number of H-pyrrole nitrogens is 2. The molecule has 0 saturated carbocycles. The van der Waals surface area contributed by atoms with Crippen LogP contribution in [0.3, 0.4) is 0 Å². The summed E-state index contributed by atoms with van der Waals surface area (Å²) in [6.45, 7) is 0. The molecule has 0 amide bonds. The van der Waals surface area contributed by atoms with Crippen molar-refractivity contribution in [3.63, 3.8) is 0 Å². The van der Waals surface area contributed by atoms with Crippen LogP contribution in [-0.4, -0.2) is 9.97 Å². The second-order valence-electron chi connectivity index (χ2n) is 4.53. The topological polar surface area (TPSA) is 74.7 Å². The largest absolute Gasteiger partial charge is 0.323 e. The number of nitrogens with one attached hydrogen (secondary N) is 2. The van der Waals surface area contributed by atoms with Gasteiger partial charge in [-0.3, -0.25) is 0 Å². The number of nitrogens with two attached hydrogens (primary N) is 1. The smallest absolute Gasteiger partial charge is 0.320 e. The van der Waals surface area contributed by atoms with Crippen molar-refractivity contribution in [2.45, 2.75) is 6.04 Å². The van der Waals surface area contributed by atoms with E-state index in [-0.39, 0.29) is 11.7 Å². The third kappa shape index (κ3) is 2.33. The summed E-state index contributed by atoms with van der Waals surface area (Å²) in [4.78, 5) is 16.6. The molecule has 2 aromatic carbocycles. The minimum atomic E-state index is -0.387. The molecule has 1 unspecified atom stereocenters. The van der Waals surface area contributed by atoms with Crippen molar-refractivity contribution in [3.8, 4) is 0 Å². The Morgan fingerprint density at radius 2 is 1.75 bits per heavy atom. The summed E-state index contributed by atoms with van der Waals surface area (Å²) in [6, 6.07) is 10.3. The number of hydrogen-bond acceptors (Lipinski definition) is 2. The molecule has 0 bridgehead atoms. The molecule has 20 heavy (non-hydrogen) atoms. The molecule has 0 aliphatic heterocycles. The number of rotatable bonds is 2. The Hall–Kier alpha value is -1.75.